The van der Waals surface area contributed by atoms with E-state index in [1.807, 2.05) is 72.4 Å². The zero-order chi connectivity index (χ0) is 17.2. The monoisotopic (exact) mass is 350 g/mol. The lowest BCUT2D eigenvalue weighted by atomic mass is 10.2. The summed E-state index contributed by atoms with van der Waals surface area (Å²) in [5.74, 6) is 2.98. The Kier molecular flexibility index (Phi) is 4.24. The molecular formula is C20H18N2O2S. The van der Waals surface area contributed by atoms with Crippen LogP contribution < -0.4 is 20.9 Å². The van der Waals surface area contributed by atoms with Crippen LogP contribution >= 0.6 is 11.8 Å². The van der Waals surface area contributed by atoms with Crippen LogP contribution in [0.3, 0.4) is 0 Å². The topological polar surface area (TPSA) is 47.0 Å². The predicted octanol–water partition coefficient (Wildman–Crippen LogP) is 1.90. The highest BCUT2D eigenvalue weighted by atomic mass is 32.2. The maximum atomic E-state index is 12.7. The molecule has 2 aromatic carbocycles. The van der Waals surface area contributed by atoms with E-state index in [0.717, 1.165) is 28.5 Å². The second-order valence-electron chi connectivity index (χ2n) is 5.97. The Morgan fingerprint density at radius 3 is 2.48 bits per heavy atom. The van der Waals surface area contributed by atoms with E-state index in [-0.39, 0.29) is 5.56 Å². The fraction of sp³-hybridized carbons (Fsp3) is 0.150. The molecule has 0 radical (unpaired) electrons. The summed E-state index contributed by atoms with van der Waals surface area (Å²) in [4.78, 5) is 12.7. The lowest BCUT2D eigenvalue weighted by Crippen LogP contribution is -2.33. The summed E-state index contributed by atoms with van der Waals surface area (Å²) in [6, 6.07) is 17.3. The smallest absolute Gasteiger partial charge is 0.279 e. The quantitative estimate of drug-likeness (QED) is 0.782. The molecule has 0 spiro atoms. The highest BCUT2D eigenvalue weighted by Crippen LogP contribution is 2.24. The van der Waals surface area contributed by atoms with Crippen molar-refractivity contribution in [1.29, 1.82) is 0 Å². The molecule has 1 saturated heterocycles. The van der Waals surface area contributed by atoms with Crippen LogP contribution in [0.15, 0.2) is 59.4 Å². The zero-order valence-corrected chi connectivity index (χ0v) is 14.5. The third-order valence-corrected chi connectivity index (χ3v) is 5.34. The minimum atomic E-state index is -0.108. The number of aromatic amines is 1. The van der Waals surface area contributed by atoms with Gasteiger partial charge in [-0.05, 0) is 35.9 Å². The van der Waals surface area contributed by atoms with Gasteiger partial charge in [-0.1, -0.05) is 36.9 Å². The summed E-state index contributed by atoms with van der Waals surface area (Å²) in [5, 5.41) is 4.20. The maximum absolute atomic E-state index is 12.7. The normalized spacial score (nSPS) is 15.1. The Morgan fingerprint density at radius 1 is 1.12 bits per heavy atom. The molecule has 0 aliphatic carbocycles. The van der Waals surface area contributed by atoms with Crippen LogP contribution in [0.25, 0.3) is 18.3 Å². The van der Waals surface area contributed by atoms with Crippen LogP contribution in [0.1, 0.15) is 5.56 Å². The molecule has 126 valence electrons. The number of rotatable bonds is 4. The third-order valence-electron chi connectivity index (χ3n) is 4.12. The Balaban J connectivity index is 1.66. The SMILES string of the molecule is C=c1[nH]n(-c2ccccc2)c(=O)c1=Cc1ccc(OC2CSC2)cc1. The third kappa shape index (κ3) is 3.28. The molecule has 1 aliphatic heterocycles. The number of hydrogen-bond acceptors (Lipinski definition) is 3. The average Bonchev–Trinajstić information content (AvgIpc) is 2.88. The maximum Gasteiger partial charge on any atom is 0.279 e. The van der Waals surface area contributed by atoms with Gasteiger partial charge in [-0.15, -0.1) is 0 Å². The van der Waals surface area contributed by atoms with Crippen molar-refractivity contribution in [3.05, 3.63) is 81.1 Å². The molecule has 0 amide bonds. The van der Waals surface area contributed by atoms with Crippen molar-refractivity contribution in [2.45, 2.75) is 6.10 Å². The number of thioether (sulfide) groups is 1. The Labute approximate surface area is 149 Å². The first-order chi connectivity index (χ1) is 12.2. The van der Waals surface area contributed by atoms with Gasteiger partial charge >= 0.3 is 0 Å². The highest BCUT2D eigenvalue weighted by molar-refractivity contribution is 8.00. The number of aromatic nitrogens is 2. The van der Waals surface area contributed by atoms with E-state index in [1.165, 1.54) is 4.68 Å². The van der Waals surface area contributed by atoms with Crippen LogP contribution in [0.5, 0.6) is 5.75 Å². The fourth-order valence-corrected chi connectivity index (χ4v) is 3.25. The standard InChI is InChI=1S/C20H18N2O2S/c1-14-19(20(23)22(21-14)16-5-3-2-4-6-16)11-15-7-9-17(10-8-15)24-18-12-25-13-18/h2-11,18,21H,1,12-13H2. The van der Waals surface area contributed by atoms with Crippen molar-refractivity contribution < 1.29 is 4.74 Å². The van der Waals surface area contributed by atoms with Gasteiger partial charge in [0.2, 0.25) is 0 Å². The number of H-pyrrole nitrogens is 1. The second-order valence-corrected chi connectivity index (χ2v) is 7.05. The van der Waals surface area contributed by atoms with Crippen LogP contribution in [0, 0.1) is 0 Å². The summed E-state index contributed by atoms with van der Waals surface area (Å²) < 4.78 is 7.36. The second kappa shape index (κ2) is 6.69. The molecule has 3 aromatic rings. The first kappa shape index (κ1) is 15.8. The Hall–Kier alpha value is -2.66. The van der Waals surface area contributed by atoms with Crippen LogP contribution in [0.2, 0.25) is 0 Å². The van der Waals surface area contributed by atoms with Crippen LogP contribution in [-0.2, 0) is 0 Å². The number of benzene rings is 2. The predicted molar refractivity (Wildman–Crippen MR) is 103 cm³/mol. The average molecular weight is 350 g/mol. The Morgan fingerprint density at radius 2 is 1.84 bits per heavy atom. The van der Waals surface area contributed by atoms with Gasteiger partial charge in [0.25, 0.3) is 5.56 Å². The first-order valence-electron chi connectivity index (χ1n) is 8.12. The summed E-state index contributed by atoms with van der Waals surface area (Å²) in [5.41, 5.74) is 1.62. The van der Waals surface area contributed by atoms with Crippen LogP contribution in [-0.4, -0.2) is 27.4 Å². The molecular weight excluding hydrogens is 332 g/mol. The molecule has 0 saturated carbocycles. The van der Waals surface area contributed by atoms with E-state index in [1.54, 1.807) is 0 Å². The van der Waals surface area contributed by atoms with Gasteiger partial charge < -0.3 is 4.74 Å². The minimum Gasteiger partial charge on any atom is -0.489 e. The number of hydrogen-bond donors (Lipinski definition) is 1. The van der Waals surface area contributed by atoms with E-state index in [4.69, 9.17) is 4.74 Å². The van der Waals surface area contributed by atoms with Crippen molar-refractivity contribution in [2.24, 2.45) is 0 Å². The summed E-state index contributed by atoms with van der Waals surface area (Å²) >= 11 is 1.89. The molecule has 2 heterocycles. The molecule has 0 atom stereocenters. The summed E-state index contributed by atoms with van der Waals surface area (Å²) in [7, 11) is 0. The van der Waals surface area contributed by atoms with Crippen molar-refractivity contribution in [3.8, 4) is 11.4 Å². The van der Waals surface area contributed by atoms with E-state index < -0.39 is 0 Å². The summed E-state index contributed by atoms with van der Waals surface area (Å²) in [6.45, 7) is 3.96. The molecule has 1 N–H and O–H groups in total. The zero-order valence-electron chi connectivity index (χ0n) is 13.6. The van der Waals surface area contributed by atoms with E-state index in [2.05, 4.69) is 11.7 Å². The number of para-hydroxylation sites is 1. The van der Waals surface area contributed by atoms with E-state index in [0.29, 0.717) is 16.7 Å². The molecule has 4 nitrogen and oxygen atoms in total. The van der Waals surface area contributed by atoms with Gasteiger partial charge in [0.05, 0.1) is 16.3 Å². The molecule has 1 aromatic heterocycles. The largest absolute Gasteiger partial charge is 0.489 e. The number of nitrogens with one attached hydrogen (secondary N) is 1. The van der Waals surface area contributed by atoms with Gasteiger partial charge in [-0.3, -0.25) is 9.89 Å². The fourth-order valence-electron chi connectivity index (χ4n) is 2.69. The van der Waals surface area contributed by atoms with Crippen molar-refractivity contribution in [3.63, 3.8) is 0 Å². The lowest BCUT2D eigenvalue weighted by Gasteiger charge is -2.25. The van der Waals surface area contributed by atoms with Gasteiger partial charge in [-0.2, -0.15) is 11.8 Å². The van der Waals surface area contributed by atoms with Gasteiger partial charge in [-0.25, -0.2) is 4.68 Å². The minimum absolute atomic E-state index is 0.108. The van der Waals surface area contributed by atoms with Crippen molar-refractivity contribution in [2.75, 3.05) is 11.5 Å². The molecule has 4 rings (SSSR count). The van der Waals surface area contributed by atoms with E-state index in [9.17, 15) is 4.79 Å². The summed E-state index contributed by atoms with van der Waals surface area (Å²) in [6.07, 6.45) is 2.18. The molecule has 1 aliphatic rings. The molecule has 0 bridgehead atoms. The van der Waals surface area contributed by atoms with E-state index >= 15 is 0 Å². The molecule has 0 unspecified atom stereocenters. The highest BCUT2D eigenvalue weighted by Gasteiger charge is 2.19. The van der Waals surface area contributed by atoms with Gasteiger partial charge in [0.15, 0.2) is 0 Å². The number of nitrogens with zero attached hydrogens (tertiary/aromatic N) is 1. The molecule has 1 fully saturated rings. The van der Waals surface area contributed by atoms with Crippen molar-refractivity contribution >= 4 is 24.4 Å². The van der Waals surface area contributed by atoms with Crippen molar-refractivity contribution in [1.82, 2.24) is 9.78 Å². The lowest BCUT2D eigenvalue weighted by molar-refractivity contribution is 0.240. The molecule has 25 heavy (non-hydrogen) atoms. The number of ether oxygens (including phenoxy) is 1. The van der Waals surface area contributed by atoms with Crippen LogP contribution in [0.4, 0.5) is 0 Å². The Bertz CT molecular complexity index is 1030. The first-order valence-corrected chi connectivity index (χ1v) is 9.28. The van der Waals surface area contributed by atoms with Gasteiger partial charge in [0, 0.05) is 11.5 Å². The van der Waals surface area contributed by atoms with Gasteiger partial charge in [0.1, 0.15) is 11.9 Å². The molecule has 5 heteroatoms.